The van der Waals surface area contributed by atoms with Crippen LogP contribution in [-0.4, -0.2) is 32.9 Å². The van der Waals surface area contributed by atoms with Crippen molar-refractivity contribution >= 4 is 17.7 Å². The molecule has 0 unspecified atom stereocenters. The van der Waals surface area contributed by atoms with E-state index in [0.29, 0.717) is 5.92 Å². The van der Waals surface area contributed by atoms with Crippen molar-refractivity contribution in [3.63, 3.8) is 0 Å². The monoisotopic (exact) mass is 396 g/mol. The number of aromatic amines is 1. The molecule has 9 heteroatoms. The molecule has 0 spiro atoms. The molecule has 1 atom stereocenters. The highest BCUT2D eigenvalue weighted by atomic mass is 32.2. The molecule has 6 nitrogen and oxygen atoms in total. The number of aromatic nitrogens is 3. The summed E-state index contributed by atoms with van der Waals surface area (Å²) in [6.07, 6.45) is 1.92. The average Bonchev–Trinajstić information content (AvgIpc) is 2.61. The van der Waals surface area contributed by atoms with Crippen molar-refractivity contribution in [2.45, 2.75) is 44.8 Å². The molecule has 2 N–H and O–H groups in total. The van der Waals surface area contributed by atoms with Crippen molar-refractivity contribution in [1.82, 2.24) is 20.5 Å². The Balaban J connectivity index is 1.94. The van der Waals surface area contributed by atoms with Crippen LogP contribution in [0.5, 0.6) is 0 Å². The molecule has 0 aliphatic heterocycles. The van der Waals surface area contributed by atoms with E-state index in [-0.39, 0.29) is 34.1 Å². The number of nitrogens with zero attached hydrogens (tertiary/aromatic N) is 2. The first-order valence-corrected chi connectivity index (χ1v) is 9.59. The zero-order chi connectivity index (χ0) is 20.0. The van der Waals surface area contributed by atoms with E-state index in [1.165, 1.54) is 6.07 Å². The maximum absolute atomic E-state index is 13.3. The molecule has 1 aromatic carbocycles. The smallest absolute Gasteiger partial charge is 0.278 e. The van der Waals surface area contributed by atoms with Gasteiger partial charge in [-0.1, -0.05) is 25.6 Å². The van der Waals surface area contributed by atoms with Gasteiger partial charge in [0.1, 0.15) is 0 Å². The highest BCUT2D eigenvalue weighted by molar-refractivity contribution is 7.99. The topological polar surface area (TPSA) is 87.7 Å². The lowest BCUT2D eigenvalue weighted by atomic mass is 10.0. The number of halogens is 2. The van der Waals surface area contributed by atoms with Crippen LogP contribution in [0.4, 0.5) is 8.78 Å². The van der Waals surface area contributed by atoms with Gasteiger partial charge >= 0.3 is 0 Å². The van der Waals surface area contributed by atoms with E-state index in [0.717, 1.165) is 36.7 Å². The van der Waals surface area contributed by atoms with Gasteiger partial charge in [-0.05, 0) is 43.9 Å². The molecule has 0 aliphatic carbocycles. The number of H-pyrrole nitrogens is 1. The summed E-state index contributed by atoms with van der Waals surface area (Å²) >= 11 is 1.04. The third-order valence-corrected chi connectivity index (χ3v) is 4.66. The van der Waals surface area contributed by atoms with Crippen LogP contribution < -0.4 is 10.9 Å². The van der Waals surface area contributed by atoms with Crippen LogP contribution in [-0.2, 0) is 4.79 Å². The number of thioether (sulfide) groups is 1. The molecule has 0 aliphatic rings. The number of carbonyl (C=O) groups is 1. The number of carbonyl (C=O) groups excluding carboxylic acids is 1. The third kappa shape index (κ3) is 6.42. The summed E-state index contributed by atoms with van der Waals surface area (Å²) in [5, 5.41) is 10.7. The first kappa shape index (κ1) is 21.0. The van der Waals surface area contributed by atoms with Crippen LogP contribution in [0, 0.1) is 17.6 Å². The molecule has 2 rings (SSSR count). The average molecular weight is 396 g/mol. The quantitative estimate of drug-likeness (QED) is 0.670. The van der Waals surface area contributed by atoms with E-state index in [2.05, 4.69) is 34.3 Å². The van der Waals surface area contributed by atoms with Gasteiger partial charge in [-0.25, -0.2) is 8.78 Å². The fourth-order valence-corrected chi connectivity index (χ4v) is 2.94. The molecule has 1 amide bonds. The van der Waals surface area contributed by atoms with Gasteiger partial charge in [0.15, 0.2) is 22.5 Å². The van der Waals surface area contributed by atoms with Gasteiger partial charge in [0.05, 0.1) is 5.75 Å². The minimum Gasteiger partial charge on any atom is -0.353 e. The number of rotatable bonds is 8. The van der Waals surface area contributed by atoms with Gasteiger partial charge < -0.3 is 5.32 Å². The van der Waals surface area contributed by atoms with Crippen molar-refractivity contribution in [3.05, 3.63) is 40.2 Å². The lowest BCUT2D eigenvalue weighted by Crippen LogP contribution is -2.34. The van der Waals surface area contributed by atoms with E-state index in [9.17, 15) is 18.4 Å². The van der Waals surface area contributed by atoms with Crippen molar-refractivity contribution in [1.29, 1.82) is 0 Å². The van der Waals surface area contributed by atoms with Crippen molar-refractivity contribution in [3.8, 4) is 11.3 Å². The SMILES string of the molecule is CC(C)CC[C@@H](C)NC(=O)CSc1nnc(-c2ccc(F)c(F)c2)c(=O)[nH]1. The summed E-state index contributed by atoms with van der Waals surface area (Å²) in [6, 6.07) is 3.12. The molecular weight excluding hydrogens is 374 g/mol. The van der Waals surface area contributed by atoms with Crippen LogP contribution in [0.3, 0.4) is 0 Å². The summed E-state index contributed by atoms with van der Waals surface area (Å²) in [4.78, 5) is 26.6. The van der Waals surface area contributed by atoms with Gasteiger partial charge in [-0.15, -0.1) is 10.2 Å². The number of nitrogens with one attached hydrogen (secondary N) is 2. The fourth-order valence-electron chi connectivity index (χ4n) is 2.33. The van der Waals surface area contributed by atoms with E-state index >= 15 is 0 Å². The van der Waals surface area contributed by atoms with Crippen LogP contribution in [0.15, 0.2) is 28.2 Å². The van der Waals surface area contributed by atoms with Gasteiger partial charge in [0, 0.05) is 11.6 Å². The Kier molecular flexibility index (Phi) is 7.46. The molecular formula is C18H22F2N4O2S. The summed E-state index contributed by atoms with van der Waals surface area (Å²) in [5.41, 5.74) is -0.592. The molecule has 0 saturated carbocycles. The number of hydrogen-bond donors (Lipinski definition) is 2. The Hall–Kier alpha value is -2.29. The predicted molar refractivity (Wildman–Crippen MR) is 100 cm³/mol. The molecule has 2 aromatic rings. The summed E-state index contributed by atoms with van der Waals surface area (Å²) in [6.45, 7) is 6.20. The normalized spacial score (nSPS) is 12.2. The second-order valence-electron chi connectivity index (χ2n) is 6.67. The Labute approximate surface area is 160 Å². The Morgan fingerprint density at radius 2 is 1.93 bits per heavy atom. The zero-order valence-electron chi connectivity index (χ0n) is 15.4. The minimum absolute atomic E-state index is 0.0707. The fraction of sp³-hybridized carbons (Fsp3) is 0.444. The number of hydrogen-bond acceptors (Lipinski definition) is 5. The summed E-state index contributed by atoms with van der Waals surface area (Å²) in [7, 11) is 0. The lowest BCUT2D eigenvalue weighted by Gasteiger charge is -2.14. The maximum atomic E-state index is 13.3. The van der Waals surface area contributed by atoms with E-state index < -0.39 is 17.2 Å². The molecule has 0 saturated heterocycles. The van der Waals surface area contributed by atoms with Gasteiger partial charge in [-0.2, -0.15) is 0 Å². The summed E-state index contributed by atoms with van der Waals surface area (Å²) < 4.78 is 26.3. The Morgan fingerprint density at radius 1 is 1.19 bits per heavy atom. The Bertz CT molecular complexity index is 857. The largest absolute Gasteiger partial charge is 0.353 e. The summed E-state index contributed by atoms with van der Waals surface area (Å²) in [5.74, 6) is -1.59. The number of amides is 1. The van der Waals surface area contributed by atoms with Crippen LogP contribution >= 0.6 is 11.8 Å². The van der Waals surface area contributed by atoms with E-state index in [1.54, 1.807) is 0 Å². The van der Waals surface area contributed by atoms with Gasteiger partial charge in [-0.3, -0.25) is 14.6 Å². The van der Waals surface area contributed by atoms with Crippen molar-refractivity contribution < 1.29 is 13.6 Å². The van der Waals surface area contributed by atoms with Crippen molar-refractivity contribution in [2.75, 3.05) is 5.75 Å². The maximum Gasteiger partial charge on any atom is 0.278 e. The first-order chi connectivity index (χ1) is 12.8. The Morgan fingerprint density at radius 3 is 2.56 bits per heavy atom. The minimum atomic E-state index is -1.07. The standard InChI is InChI=1S/C18H22F2N4O2S/c1-10(2)4-5-11(3)21-15(25)9-27-18-22-17(26)16(23-24-18)12-6-7-13(19)14(20)8-12/h6-8,10-11H,4-5,9H2,1-3H3,(H,21,25)(H,22,24,26)/t11-/m1/s1. The molecule has 27 heavy (non-hydrogen) atoms. The van der Waals surface area contributed by atoms with Crippen LogP contribution in [0.1, 0.15) is 33.6 Å². The number of benzene rings is 1. The third-order valence-electron chi connectivity index (χ3n) is 3.79. The van der Waals surface area contributed by atoms with Crippen molar-refractivity contribution in [2.24, 2.45) is 5.92 Å². The molecule has 0 fully saturated rings. The lowest BCUT2D eigenvalue weighted by molar-refractivity contribution is -0.119. The van der Waals surface area contributed by atoms with Gasteiger partial charge in [0.25, 0.3) is 5.56 Å². The highest BCUT2D eigenvalue weighted by Gasteiger charge is 2.13. The zero-order valence-corrected chi connectivity index (χ0v) is 16.2. The molecule has 0 radical (unpaired) electrons. The molecule has 146 valence electrons. The highest BCUT2D eigenvalue weighted by Crippen LogP contribution is 2.17. The predicted octanol–water partition coefficient (Wildman–Crippen LogP) is 3.14. The van der Waals surface area contributed by atoms with Gasteiger partial charge in [0.2, 0.25) is 5.91 Å². The first-order valence-electron chi connectivity index (χ1n) is 8.61. The van der Waals surface area contributed by atoms with Crippen LogP contribution in [0.25, 0.3) is 11.3 Å². The second kappa shape index (κ2) is 9.59. The second-order valence-corrected chi connectivity index (χ2v) is 7.63. The molecule has 0 bridgehead atoms. The van der Waals surface area contributed by atoms with E-state index in [4.69, 9.17) is 0 Å². The van der Waals surface area contributed by atoms with E-state index in [1.807, 2.05) is 6.92 Å². The molecule has 1 heterocycles. The van der Waals surface area contributed by atoms with Crippen LogP contribution in [0.2, 0.25) is 0 Å². The molecule has 1 aromatic heterocycles.